The van der Waals surface area contributed by atoms with Crippen LogP contribution in [-0.2, 0) is 6.42 Å². The van der Waals surface area contributed by atoms with Crippen molar-refractivity contribution in [2.45, 2.75) is 36.9 Å². The van der Waals surface area contributed by atoms with Crippen LogP contribution in [0.4, 0.5) is 0 Å². The molecule has 5 atom stereocenters. The SMILES string of the molecule is COc1ccc(CCNC(=S)N/N=C2\[C@@H](O)[C@@H](O)[C@@H](O)[C@H](O)[C@H]2O)cc1OC. The zero-order chi connectivity index (χ0) is 20.8. The fraction of sp³-hybridized carbons (Fsp3) is 0.529. The molecule has 1 aliphatic rings. The van der Waals surface area contributed by atoms with Gasteiger partial charge in [0.2, 0.25) is 0 Å². The van der Waals surface area contributed by atoms with Crippen molar-refractivity contribution in [3.05, 3.63) is 23.8 Å². The van der Waals surface area contributed by atoms with Gasteiger partial charge in [0.05, 0.1) is 14.2 Å². The van der Waals surface area contributed by atoms with E-state index in [1.807, 2.05) is 12.1 Å². The van der Waals surface area contributed by atoms with Crippen molar-refractivity contribution in [1.82, 2.24) is 10.7 Å². The Morgan fingerprint density at radius 3 is 2.18 bits per heavy atom. The van der Waals surface area contributed by atoms with Crippen LogP contribution in [0.25, 0.3) is 0 Å². The van der Waals surface area contributed by atoms with Crippen molar-refractivity contribution in [3.63, 3.8) is 0 Å². The number of ether oxygens (including phenoxy) is 2. The summed E-state index contributed by atoms with van der Waals surface area (Å²) < 4.78 is 10.4. The van der Waals surface area contributed by atoms with E-state index in [0.29, 0.717) is 24.5 Å². The highest BCUT2D eigenvalue weighted by Crippen LogP contribution is 2.27. The molecule has 0 bridgehead atoms. The molecule has 1 fully saturated rings. The average Bonchev–Trinajstić information content (AvgIpc) is 2.70. The van der Waals surface area contributed by atoms with Gasteiger partial charge in [-0.1, -0.05) is 6.07 Å². The molecule has 28 heavy (non-hydrogen) atoms. The van der Waals surface area contributed by atoms with Crippen LogP contribution in [0.2, 0.25) is 0 Å². The quantitative estimate of drug-likeness (QED) is 0.203. The van der Waals surface area contributed by atoms with Crippen LogP contribution < -0.4 is 20.2 Å². The Morgan fingerprint density at radius 2 is 1.61 bits per heavy atom. The topological polar surface area (TPSA) is 156 Å². The minimum absolute atomic E-state index is 0.113. The third kappa shape index (κ3) is 5.07. The fourth-order valence-corrected chi connectivity index (χ4v) is 2.89. The van der Waals surface area contributed by atoms with Crippen LogP contribution in [0.3, 0.4) is 0 Å². The number of hydrogen-bond acceptors (Lipinski definition) is 9. The van der Waals surface area contributed by atoms with Crippen LogP contribution >= 0.6 is 12.2 Å². The standard InChI is InChI=1S/C17H25N3O7S/c1-26-9-4-3-8(7-10(9)27-2)5-6-18-17(28)20-19-11-12(21)14(23)16(25)15(24)13(11)22/h3-4,7,12-16,21-25H,5-6H2,1-2H3,(H2,18,20,28)/b19-11-/t12-,13+,14+,15+,16-/m0/s1. The number of nitrogens with zero attached hydrogens (tertiary/aromatic N) is 1. The molecule has 11 heteroatoms. The number of hydrazone groups is 1. The van der Waals surface area contributed by atoms with Crippen molar-refractivity contribution in [2.24, 2.45) is 5.10 Å². The van der Waals surface area contributed by atoms with Gasteiger partial charge in [-0.2, -0.15) is 5.10 Å². The van der Waals surface area contributed by atoms with Crippen LogP contribution in [0.5, 0.6) is 11.5 Å². The van der Waals surface area contributed by atoms with Crippen LogP contribution in [-0.4, -0.2) is 87.6 Å². The zero-order valence-corrected chi connectivity index (χ0v) is 16.3. The monoisotopic (exact) mass is 415 g/mol. The third-order valence-electron chi connectivity index (χ3n) is 4.39. The lowest BCUT2D eigenvalue weighted by molar-refractivity contribution is -0.130. The summed E-state index contributed by atoms with van der Waals surface area (Å²) in [7, 11) is 3.11. The van der Waals surface area contributed by atoms with Gasteiger partial charge in [-0.15, -0.1) is 0 Å². The van der Waals surface area contributed by atoms with Gasteiger partial charge in [-0.3, -0.25) is 5.43 Å². The number of nitrogens with one attached hydrogen (secondary N) is 2. The Bertz CT molecular complexity index is 700. The van der Waals surface area contributed by atoms with Gasteiger partial charge >= 0.3 is 0 Å². The summed E-state index contributed by atoms with van der Waals surface area (Å²) in [5, 5.41) is 55.4. The van der Waals surface area contributed by atoms with Gasteiger partial charge < -0.3 is 40.3 Å². The summed E-state index contributed by atoms with van der Waals surface area (Å²) in [6, 6.07) is 5.54. The molecule has 0 aliphatic heterocycles. The molecule has 2 rings (SSSR count). The molecule has 0 unspecified atom stereocenters. The number of hydrogen-bond donors (Lipinski definition) is 7. The largest absolute Gasteiger partial charge is 0.493 e. The summed E-state index contributed by atoms with van der Waals surface area (Å²) >= 11 is 5.07. The Hall–Kier alpha value is -2.02. The van der Waals surface area contributed by atoms with Gasteiger partial charge in [-0.25, -0.2) is 0 Å². The van der Waals surface area contributed by atoms with E-state index in [4.69, 9.17) is 21.7 Å². The molecule has 0 spiro atoms. The second kappa shape index (κ2) is 9.96. The number of benzene rings is 1. The minimum Gasteiger partial charge on any atom is -0.493 e. The number of aliphatic hydroxyl groups excluding tert-OH is 5. The molecule has 1 aromatic rings. The van der Waals surface area contributed by atoms with Crippen LogP contribution in [0.1, 0.15) is 5.56 Å². The lowest BCUT2D eigenvalue weighted by atomic mass is 9.86. The maximum absolute atomic E-state index is 9.89. The first-order valence-electron chi connectivity index (χ1n) is 8.52. The molecule has 1 aromatic carbocycles. The lowest BCUT2D eigenvalue weighted by Gasteiger charge is -2.36. The van der Waals surface area contributed by atoms with Crippen molar-refractivity contribution in [3.8, 4) is 11.5 Å². The highest BCUT2D eigenvalue weighted by atomic mass is 32.1. The van der Waals surface area contributed by atoms with E-state index in [-0.39, 0.29) is 10.8 Å². The number of methoxy groups -OCH3 is 2. The Labute approximate surface area is 167 Å². The highest BCUT2D eigenvalue weighted by Gasteiger charge is 2.46. The van der Waals surface area contributed by atoms with E-state index in [2.05, 4.69) is 15.8 Å². The van der Waals surface area contributed by atoms with E-state index in [9.17, 15) is 25.5 Å². The van der Waals surface area contributed by atoms with E-state index >= 15 is 0 Å². The smallest absolute Gasteiger partial charge is 0.186 e. The summed E-state index contributed by atoms with van der Waals surface area (Å²) in [4.78, 5) is 0. The predicted molar refractivity (Wildman–Crippen MR) is 104 cm³/mol. The molecule has 1 saturated carbocycles. The van der Waals surface area contributed by atoms with Gasteiger partial charge in [0.1, 0.15) is 36.2 Å². The molecule has 0 saturated heterocycles. The average molecular weight is 415 g/mol. The summed E-state index contributed by atoms with van der Waals surface area (Å²) in [5.74, 6) is 1.25. The first kappa shape index (κ1) is 22.3. The van der Waals surface area contributed by atoms with Crippen LogP contribution in [0, 0.1) is 0 Å². The molecule has 10 nitrogen and oxygen atoms in total. The number of rotatable bonds is 6. The van der Waals surface area contributed by atoms with Crippen LogP contribution in [0.15, 0.2) is 23.3 Å². The van der Waals surface area contributed by atoms with Gasteiger partial charge in [0.25, 0.3) is 0 Å². The molecule has 0 aromatic heterocycles. The lowest BCUT2D eigenvalue weighted by Crippen LogP contribution is -2.62. The van der Waals surface area contributed by atoms with Crippen molar-refractivity contribution >= 4 is 23.0 Å². The Kier molecular flexibility index (Phi) is 7.92. The van der Waals surface area contributed by atoms with Crippen molar-refractivity contribution < 1.29 is 35.0 Å². The van der Waals surface area contributed by atoms with Crippen molar-refractivity contribution in [2.75, 3.05) is 20.8 Å². The van der Waals surface area contributed by atoms with E-state index in [1.165, 1.54) is 0 Å². The number of aliphatic hydroxyl groups is 5. The summed E-state index contributed by atoms with van der Waals surface area (Å²) in [6.07, 6.45) is -7.70. The fourth-order valence-electron chi connectivity index (χ4n) is 2.74. The van der Waals surface area contributed by atoms with Gasteiger partial charge in [0, 0.05) is 6.54 Å². The molecule has 0 amide bonds. The molecular weight excluding hydrogens is 390 g/mol. The van der Waals surface area contributed by atoms with Gasteiger partial charge in [0.15, 0.2) is 16.6 Å². The minimum atomic E-state index is -1.68. The first-order valence-corrected chi connectivity index (χ1v) is 8.93. The summed E-state index contributed by atoms with van der Waals surface area (Å²) in [6.45, 7) is 0.460. The normalized spacial score (nSPS) is 28.7. The maximum Gasteiger partial charge on any atom is 0.186 e. The molecule has 0 heterocycles. The van der Waals surface area contributed by atoms with E-state index in [0.717, 1.165) is 5.56 Å². The maximum atomic E-state index is 9.89. The molecule has 1 aliphatic carbocycles. The molecule has 7 N–H and O–H groups in total. The zero-order valence-electron chi connectivity index (χ0n) is 15.4. The van der Waals surface area contributed by atoms with E-state index in [1.54, 1.807) is 20.3 Å². The summed E-state index contributed by atoms with van der Waals surface area (Å²) in [5.41, 5.74) is 3.10. The second-order valence-corrected chi connectivity index (χ2v) is 6.61. The predicted octanol–water partition coefficient (Wildman–Crippen LogP) is -2.12. The second-order valence-electron chi connectivity index (χ2n) is 6.21. The highest BCUT2D eigenvalue weighted by molar-refractivity contribution is 7.80. The molecule has 156 valence electrons. The van der Waals surface area contributed by atoms with Gasteiger partial charge in [-0.05, 0) is 36.3 Å². The van der Waals surface area contributed by atoms with E-state index < -0.39 is 30.5 Å². The molecular formula is C17H25N3O7S. The Morgan fingerprint density at radius 1 is 1.00 bits per heavy atom. The first-order chi connectivity index (χ1) is 13.3. The van der Waals surface area contributed by atoms with Crippen molar-refractivity contribution in [1.29, 1.82) is 0 Å². The Balaban J connectivity index is 1.88. The molecule has 0 radical (unpaired) electrons. The third-order valence-corrected chi connectivity index (χ3v) is 4.62. The number of thiocarbonyl (C=S) groups is 1.